The molecular weight excluding hydrogens is 480 g/mol. The molecule has 0 aromatic heterocycles. The summed E-state index contributed by atoms with van der Waals surface area (Å²) in [6.07, 6.45) is 4.85. The smallest absolute Gasteiger partial charge is 0.390 e. The maximum atomic E-state index is 11.6. The highest BCUT2D eigenvalue weighted by molar-refractivity contribution is 7.80. The average molecular weight is 527 g/mol. The van der Waals surface area contributed by atoms with Gasteiger partial charge in [-0.2, -0.15) is 8.42 Å². The van der Waals surface area contributed by atoms with Crippen molar-refractivity contribution in [1.29, 1.82) is 0 Å². The van der Waals surface area contributed by atoms with Crippen molar-refractivity contribution >= 4 is 10.4 Å². The van der Waals surface area contributed by atoms with Crippen molar-refractivity contribution in [3.63, 3.8) is 0 Å². The lowest BCUT2D eigenvalue weighted by atomic mass is 9.47. The number of hydrogen-bond donors (Lipinski definition) is 3. The van der Waals surface area contributed by atoms with Gasteiger partial charge in [0.2, 0.25) is 0 Å². The first kappa shape index (κ1) is 27.1. The number of hydrogen-bond acceptors (Lipinski definition) is 6. The minimum atomic E-state index is -4.75. The number of fused-ring (bicyclic) bond motifs is 5. The second kappa shape index (κ2) is 9.02. The van der Waals surface area contributed by atoms with Crippen molar-refractivity contribution in [3.05, 3.63) is 11.6 Å². The molecule has 13 unspecified atom stereocenters. The summed E-state index contributed by atoms with van der Waals surface area (Å²) < 4.78 is 43.8. The average Bonchev–Trinajstić information content (AvgIpc) is 3.49. The fraction of sp³-hybridized carbons (Fsp3) is 0.929. The van der Waals surface area contributed by atoms with Crippen LogP contribution in [0.1, 0.15) is 80.1 Å². The number of ether oxygens (including phenoxy) is 1. The Kier molecular flexibility index (Phi) is 6.78. The van der Waals surface area contributed by atoms with E-state index in [1.165, 1.54) is 12.0 Å². The summed E-state index contributed by atoms with van der Waals surface area (Å²) in [5.41, 5.74) is 1.27. The van der Waals surface area contributed by atoms with Gasteiger partial charge in [0.15, 0.2) is 0 Å². The second-order valence-electron chi connectivity index (χ2n) is 13.7. The summed E-state index contributed by atoms with van der Waals surface area (Å²) in [6.45, 7) is 13.9. The summed E-state index contributed by atoms with van der Waals surface area (Å²) >= 11 is 0. The van der Waals surface area contributed by atoms with Gasteiger partial charge in [0.05, 0.1) is 18.3 Å². The number of epoxide rings is 1. The minimum Gasteiger partial charge on any atom is -0.390 e. The molecule has 4 aliphatic carbocycles. The van der Waals surface area contributed by atoms with Gasteiger partial charge in [-0.15, -0.1) is 0 Å². The third-order valence-electron chi connectivity index (χ3n) is 11.7. The van der Waals surface area contributed by atoms with E-state index in [0.717, 1.165) is 19.3 Å². The van der Waals surface area contributed by atoms with Gasteiger partial charge in [0, 0.05) is 0 Å². The van der Waals surface area contributed by atoms with Gasteiger partial charge in [-0.3, -0.25) is 4.55 Å². The molecule has 5 aliphatic rings. The third-order valence-corrected chi connectivity index (χ3v) is 12.2. The van der Waals surface area contributed by atoms with E-state index in [1.54, 1.807) is 0 Å². The lowest BCUT2D eigenvalue weighted by molar-refractivity contribution is -0.165. The Morgan fingerprint density at radius 3 is 2.33 bits per heavy atom. The molecule has 5 rings (SSSR count). The minimum absolute atomic E-state index is 0.208. The van der Waals surface area contributed by atoms with E-state index in [2.05, 4.69) is 47.6 Å². The molecule has 7 nitrogen and oxygen atoms in total. The van der Waals surface area contributed by atoms with Crippen LogP contribution in [-0.4, -0.2) is 53.7 Å². The standard InChI is InChI=1S/C28H46O7S/c1-14(2)15(3)24-25(34-24)16(4)18-9-10-19-17-7-8-21-26(35-36(31,32)33)23(30)22(29)13-28(21,6)20(17)11-12-27(18,19)5/h7,14-16,18-26,29-30H,8-13H2,1-6H3,(H,31,32,33). The van der Waals surface area contributed by atoms with Gasteiger partial charge in [0.25, 0.3) is 0 Å². The van der Waals surface area contributed by atoms with Crippen LogP contribution in [-0.2, 0) is 19.3 Å². The summed E-state index contributed by atoms with van der Waals surface area (Å²) in [7, 11) is -4.75. The maximum absolute atomic E-state index is 11.6. The van der Waals surface area contributed by atoms with Crippen LogP contribution >= 0.6 is 0 Å². The molecule has 36 heavy (non-hydrogen) atoms. The second-order valence-corrected chi connectivity index (χ2v) is 14.7. The summed E-state index contributed by atoms with van der Waals surface area (Å²) in [5.74, 6) is 2.73. The molecule has 0 amide bonds. The van der Waals surface area contributed by atoms with E-state index >= 15 is 0 Å². The molecule has 0 radical (unpaired) electrons. The van der Waals surface area contributed by atoms with Crippen molar-refractivity contribution < 1.29 is 32.1 Å². The molecule has 0 bridgehead atoms. The molecular formula is C28H46O7S. The van der Waals surface area contributed by atoms with Crippen LogP contribution in [0.15, 0.2) is 11.6 Å². The lowest BCUT2D eigenvalue weighted by Crippen LogP contribution is -2.60. The van der Waals surface area contributed by atoms with Gasteiger partial charge in [-0.1, -0.05) is 53.2 Å². The predicted octanol–water partition coefficient (Wildman–Crippen LogP) is 4.39. The predicted molar refractivity (Wildman–Crippen MR) is 136 cm³/mol. The van der Waals surface area contributed by atoms with Crippen molar-refractivity contribution in [2.75, 3.05) is 0 Å². The van der Waals surface area contributed by atoms with Gasteiger partial charge in [-0.25, -0.2) is 4.18 Å². The quantitative estimate of drug-likeness (QED) is 0.267. The highest BCUT2D eigenvalue weighted by Gasteiger charge is 2.63. The molecule has 0 aromatic carbocycles. The van der Waals surface area contributed by atoms with E-state index in [0.29, 0.717) is 54.6 Å². The first-order valence-electron chi connectivity index (χ1n) is 14.1. The SMILES string of the molecule is CC(C)C(C)C1OC1C(C)C1CCC2C3=CCC4C(OS(=O)(=O)O)C(O)C(O)CC4(C)C3CCC21C. The van der Waals surface area contributed by atoms with Crippen molar-refractivity contribution in [3.8, 4) is 0 Å². The molecule has 206 valence electrons. The summed E-state index contributed by atoms with van der Waals surface area (Å²) in [6, 6.07) is 0. The zero-order chi connectivity index (χ0) is 26.4. The van der Waals surface area contributed by atoms with Gasteiger partial charge in [0.1, 0.15) is 12.2 Å². The monoisotopic (exact) mass is 526 g/mol. The zero-order valence-corrected chi connectivity index (χ0v) is 23.4. The van der Waals surface area contributed by atoms with Crippen molar-refractivity contribution in [1.82, 2.24) is 0 Å². The molecule has 3 N–H and O–H groups in total. The van der Waals surface area contributed by atoms with E-state index in [4.69, 9.17) is 8.92 Å². The third kappa shape index (κ3) is 4.22. The molecule has 3 saturated carbocycles. The molecule has 1 saturated heterocycles. The van der Waals surface area contributed by atoms with Crippen LogP contribution in [0.3, 0.4) is 0 Å². The van der Waals surface area contributed by atoms with Crippen LogP contribution in [0.2, 0.25) is 0 Å². The fourth-order valence-electron chi connectivity index (χ4n) is 9.37. The number of allylic oxidation sites excluding steroid dienone is 2. The highest BCUT2D eigenvalue weighted by atomic mass is 32.3. The van der Waals surface area contributed by atoms with Gasteiger partial charge in [-0.05, 0) is 90.8 Å². The molecule has 4 fully saturated rings. The van der Waals surface area contributed by atoms with E-state index in [1.807, 2.05) is 0 Å². The fourth-order valence-corrected chi connectivity index (χ4v) is 9.90. The number of rotatable bonds is 6. The molecule has 1 aliphatic heterocycles. The van der Waals surface area contributed by atoms with Crippen molar-refractivity contribution in [2.24, 2.45) is 52.3 Å². The van der Waals surface area contributed by atoms with E-state index in [-0.39, 0.29) is 17.3 Å². The largest absolute Gasteiger partial charge is 0.397 e. The van der Waals surface area contributed by atoms with Crippen LogP contribution < -0.4 is 0 Å². The molecule has 0 aromatic rings. The van der Waals surface area contributed by atoms with Crippen LogP contribution in [0, 0.1) is 52.3 Å². The number of aliphatic hydroxyl groups excluding tert-OH is 2. The Bertz CT molecular complexity index is 994. The van der Waals surface area contributed by atoms with Crippen molar-refractivity contribution in [2.45, 2.75) is 111 Å². The Labute approximate surface area is 217 Å². The molecule has 0 spiro atoms. The van der Waals surface area contributed by atoms with Crippen LogP contribution in [0.5, 0.6) is 0 Å². The molecule has 8 heteroatoms. The Morgan fingerprint density at radius 2 is 1.69 bits per heavy atom. The lowest BCUT2D eigenvalue weighted by Gasteiger charge is -2.59. The first-order chi connectivity index (χ1) is 16.7. The van der Waals surface area contributed by atoms with Gasteiger partial charge < -0.3 is 14.9 Å². The zero-order valence-electron chi connectivity index (χ0n) is 22.6. The van der Waals surface area contributed by atoms with E-state index < -0.39 is 34.1 Å². The topological polar surface area (TPSA) is 117 Å². The normalized spacial score (nSPS) is 50.1. The summed E-state index contributed by atoms with van der Waals surface area (Å²) in [4.78, 5) is 0. The first-order valence-corrected chi connectivity index (χ1v) is 15.4. The maximum Gasteiger partial charge on any atom is 0.397 e. The Balaban J connectivity index is 1.39. The molecule has 1 heterocycles. The van der Waals surface area contributed by atoms with E-state index in [9.17, 15) is 23.2 Å². The van der Waals surface area contributed by atoms with Crippen LogP contribution in [0.4, 0.5) is 0 Å². The summed E-state index contributed by atoms with van der Waals surface area (Å²) in [5, 5.41) is 21.3. The van der Waals surface area contributed by atoms with Crippen LogP contribution in [0.25, 0.3) is 0 Å². The van der Waals surface area contributed by atoms with Gasteiger partial charge >= 0.3 is 10.4 Å². The highest BCUT2D eigenvalue weighted by Crippen LogP contribution is 2.67. The Morgan fingerprint density at radius 1 is 1.03 bits per heavy atom. The number of aliphatic hydroxyl groups is 2. The Hall–Kier alpha value is -0.510. The molecule has 13 atom stereocenters.